The SMILES string of the molecule is O=S(Nc1ccc2c(c1)C(C1CC1)COC(=S)N2)c1cccs1. The first-order valence-electron chi connectivity index (χ1n) is 7.50. The topological polar surface area (TPSA) is 50.4 Å². The molecule has 0 saturated heterocycles. The lowest BCUT2D eigenvalue weighted by atomic mass is 9.93. The van der Waals surface area contributed by atoms with E-state index in [0.717, 1.165) is 15.6 Å². The van der Waals surface area contributed by atoms with Crippen LogP contribution in [0.5, 0.6) is 0 Å². The van der Waals surface area contributed by atoms with Gasteiger partial charge >= 0.3 is 0 Å². The maximum atomic E-state index is 12.3. The monoisotopic (exact) mass is 364 g/mol. The van der Waals surface area contributed by atoms with Crippen molar-refractivity contribution in [1.29, 1.82) is 0 Å². The molecule has 2 unspecified atom stereocenters. The molecular formula is C16H16N2O2S3. The number of thiophene rings is 1. The molecule has 0 radical (unpaired) electrons. The number of ether oxygens (including phenoxy) is 1. The Balaban J connectivity index is 1.63. The third-order valence-electron chi connectivity index (χ3n) is 4.16. The van der Waals surface area contributed by atoms with Crippen LogP contribution in [0.4, 0.5) is 11.4 Å². The van der Waals surface area contributed by atoms with Gasteiger partial charge in [-0.2, -0.15) is 0 Å². The number of hydrogen-bond acceptors (Lipinski definition) is 4. The zero-order chi connectivity index (χ0) is 15.8. The van der Waals surface area contributed by atoms with Gasteiger partial charge in [0.2, 0.25) is 0 Å². The largest absolute Gasteiger partial charge is 0.470 e. The fraction of sp³-hybridized carbons (Fsp3) is 0.312. The van der Waals surface area contributed by atoms with Crippen molar-refractivity contribution in [1.82, 2.24) is 0 Å². The van der Waals surface area contributed by atoms with E-state index in [1.165, 1.54) is 29.7 Å². The van der Waals surface area contributed by atoms with Crippen molar-refractivity contribution in [3.63, 3.8) is 0 Å². The molecule has 2 aliphatic rings. The standard InChI is InChI=1S/C16H16N2O2S3/c19-23(15-2-1-7-22-15)18-11-5-6-14-12(8-11)13(10-3-4-10)9-20-16(21)17-14/h1-2,5-8,10,13,18H,3-4,9H2,(H,17,21). The minimum absolute atomic E-state index is 0.342. The fourth-order valence-electron chi connectivity index (χ4n) is 2.86. The van der Waals surface area contributed by atoms with Crippen LogP contribution in [0.2, 0.25) is 0 Å². The Labute approximate surface area is 146 Å². The van der Waals surface area contributed by atoms with Crippen molar-refractivity contribution in [2.45, 2.75) is 23.0 Å². The zero-order valence-corrected chi connectivity index (χ0v) is 14.7. The average molecular weight is 365 g/mol. The van der Waals surface area contributed by atoms with Crippen LogP contribution in [-0.4, -0.2) is 16.0 Å². The van der Waals surface area contributed by atoms with Gasteiger partial charge in [-0.05, 0) is 66.2 Å². The van der Waals surface area contributed by atoms with Crippen LogP contribution in [0.1, 0.15) is 24.3 Å². The summed E-state index contributed by atoms with van der Waals surface area (Å²) in [7, 11) is -1.23. The number of fused-ring (bicyclic) bond motifs is 1. The average Bonchev–Trinajstić information content (AvgIpc) is 3.24. The van der Waals surface area contributed by atoms with E-state index >= 15 is 0 Å². The van der Waals surface area contributed by atoms with E-state index in [4.69, 9.17) is 17.0 Å². The highest BCUT2D eigenvalue weighted by Gasteiger charge is 2.36. The van der Waals surface area contributed by atoms with Gasteiger partial charge in [0, 0.05) is 17.3 Å². The van der Waals surface area contributed by atoms with Crippen LogP contribution in [0.3, 0.4) is 0 Å². The number of nitrogens with one attached hydrogen (secondary N) is 2. The van der Waals surface area contributed by atoms with Crippen LogP contribution >= 0.6 is 23.6 Å². The first kappa shape index (κ1) is 15.1. The summed E-state index contributed by atoms with van der Waals surface area (Å²) < 4.78 is 21.9. The molecule has 4 nitrogen and oxygen atoms in total. The van der Waals surface area contributed by atoms with E-state index in [2.05, 4.69) is 16.1 Å². The van der Waals surface area contributed by atoms with Gasteiger partial charge in [-0.1, -0.05) is 6.07 Å². The van der Waals surface area contributed by atoms with Crippen molar-refractivity contribution < 1.29 is 8.95 Å². The molecule has 0 spiro atoms. The van der Waals surface area contributed by atoms with E-state index < -0.39 is 11.0 Å². The lowest BCUT2D eigenvalue weighted by molar-refractivity contribution is 0.274. The van der Waals surface area contributed by atoms with Crippen molar-refractivity contribution in [2.24, 2.45) is 5.92 Å². The quantitative estimate of drug-likeness (QED) is 0.802. The van der Waals surface area contributed by atoms with Gasteiger partial charge in [-0.25, -0.2) is 4.21 Å². The summed E-state index contributed by atoms with van der Waals surface area (Å²) in [6, 6.07) is 9.77. The Morgan fingerprint density at radius 3 is 2.96 bits per heavy atom. The second kappa shape index (κ2) is 6.22. The Kier molecular flexibility index (Phi) is 4.09. The first-order chi connectivity index (χ1) is 11.2. The van der Waals surface area contributed by atoms with Crippen LogP contribution in [0.25, 0.3) is 0 Å². The molecule has 1 aliphatic carbocycles. The summed E-state index contributed by atoms with van der Waals surface area (Å²) in [6.07, 6.45) is 2.47. The van der Waals surface area contributed by atoms with E-state index in [1.54, 1.807) is 0 Å². The van der Waals surface area contributed by atoms with Gasteiger partial charge in [0.15, 0.2) is 11.0 Å². The highest BCUT2D eigenvalue weighted by atomic mass is 32.2. The van der Waals surface area contributed by atoms with Crippen molar-refractivity contribution in [2.75, 3.05) is 16.6 Å². The number of rotatable bonds is 4. The molecule has 0 bridgehead atoms. The predicted octanol–water partition coefficient (Wildman–Crippen LogP) is 4.10. The van der Waals surface area contributed by atoms with Gasteiger partial charge in [0.1, 0.15) is 4.21 Å². The molecule has 23 heavy (non-hydrogen) atoms. The smallest absolute Gasteiger partial charge is 0.261 e. The molecule has 1 aromatic heterocycles. The highest BCUT2D eigenvalue weighted by molar-refractivity contribution is 7.88. The molecular weight excluding hydrogens is 348 g/mol. The van der Waals surface area contributed by atoms with Crippen LogP contribution in [0, 0.1) is 5.92 Å². The number of thiocarbonyl (C=S) groups is 1. The summed E-state index contributed by atoms with van der Waals surface area (Å²) in [4.78, 5) is 0. The summed E-state index contributed by atoms with van der Waals surface area (Å²) in [5.74, 6) is 1.00. The van der Waals surface area contributed by atoms with Gasteiger partial charge in [-0.3, -0.25) is 0 Å². The lowest BCUT2D eigenvalue weighted by Gasteiger charge is -2.16. The summed E-state index contributed by atoms with van der Waals surface area (Å²) in [6.45, 7) is 0.612. The molecule has 120 valence electrons. The normalized spacial score (nSPS) is 21.6. The zero-order valence-electron chi connectivity index (χ0n) is 12.3. The van der Waals surface area contributed by atoms with Crippen LogP contribution in [0.15, 0.2) is 39.9 Å². The van der Waals surface area contributed by atoms with Gasteiger partial charge < -0.3 is 14.8 Å². The molecule has 1 aliphatic heterocycles. The first-order valence-corrected chi connectivity index (χ1v) is 9.94. The van der Waals surface area contributed by atoms with Crippen molar-refractivity contribution in [3.05, 3.63) is 41.3 Å². The lowest BCUT2D eigenvalue weighted by Crippen LogP contribution is -2.12. The van der Waals surface area contributed by atoms with Crippen LogP contribution in [-0.2, 0) is 15.7 Å². The molecule has 1 fully saturated rings. The number of benzene rings is 1. The van der Waals surface area contributed by atoms with Crippen LogP contribution < -0.4 is 10.0 Å². The second-order valence-electron chi connectivity index (χ2n) is 5.77. The maximum absolute atomic E-state index is 12.3. The molecule has 1 aromatic carbocycles. The summed E-state index contributed by atoms with van der Waals surface area (Å²) in [5.41, 5.74) is 3.05. The molecule has 2 N–H and O–H groups in total. The Hall–Kier alpha value is -1.44. The molecule has 2 atom stereocenters. The highest BCUT2D eigenvalue weighted by Crippen LogP contribution is 2.46. The maximum Gasteiger partial charge on any atom is 0.261 e. The van der Waals surface area contributed by atoms with Gasteiger partial charge in [0.25, 0.3) is 5.17 Å². The Morgan fingerprint density at radius 2 is 2.22 bits per heavy atom. The molecule has 0 amide bonds. The Bertz CT molecular complexity index is 757. The molecule has 7 heteroatoms. The molecule has 2 heterocycles. The molecule has 4 rings (SSSR count). The van der Waals surface area contributed by atoms with Gasteiger partial charge in [0.05, 0.1) is 6.61 Å². The van der Waals surface area contributed by atoms with Crippen molar-refractivity contribution in [3.8, 4) is 0 Å². The van der Waals surface area contributed by atoms with E-state index in [1.807, 2.05) is 29.6 Å². The fourth-order valence-corrected chi connectivity index (χ4v) is 4.77. The van der Waals surface area contributed by atoms with E-state index in [0.29, 0.717) is 23.6 Å². The second-order valence-corrected chi connectivity index (χ2v) is 8.53. The third-order valence-corrected chi connectivity index (χ3v) is 6.71. The minimum atomic E-state index is -1.23. The Morgan fingerprint density at radius 1 is 1.35 bits per heavy atom. The predicted molar refractivity (Wildman–Crippen MR) is 98.4 cm³/mol. The number of anilines is 2. The third kappa shape index (κ3) is 3.27. The van der Waals surface area contributed by atoms with E-state index in [-0.39, 0.29) is 0 Å². The summed E-state index contributed by atoms with van der Waals surface area (Å²) in [5, 5.41) is 5.51. The van der Waals surface area contributed by atoms with Crippen molar-refractivity contribution >= 4 is 51.1 Å². The summed E-state index contributed by atoms with van der Waals surface area (Å²) >= 11 is 6.68. The molecule has 2 aromatic rings. The number of hydrogen-bond donors (Lipinski definition) is 2. The van der Waals surface area contributed by atoms with E-state index in [9.17, 15) is 4.21 Å². The molecule has 1 saturated carbocycles. The van der Waals surface area contributed by atoms with Gasteiger partial charge in [-0.15, -0.1) is 11.3 Å². The minimum Gasteiger partial charge on any atom is -0.470 e.